The first-order valence-corrected chi connectivity index (χ1v) is 10.3. The van der Waals surface area contributed by atoms with Gasteiger partial charge in [0.2, 0.25) is 5.91 Å². The van der Waals surface area contributed by atoms with Crippen LogP contribution < -0.4 is 5.32 Å². The Bertz CT molecular complexity index is 848. The number of anilines is 1. The van der Waals surface area contributed by atoms with Crippen LogP contribution in [0.2, 0.25) is 0 Å². The zero-order valence-corrected chi connectivity index (χ0v) is 15.2. The van der Waals surface area contributed by atoms with Crippen molar-refractivity contribution in [2.45, 2.75) is 12.2 Å². The molecule has 0 unspecified atom stereocenters. The molecule has 1 heterocycles. The van der Waals surface area contributed by atoms with Crippen LogP contribution in [0, 0.1) is 0 Å². The Morgan fingerprint density at radius 2 is 1.72 bits per heavy atom. The fourth-order valence-electron chi connectivity index (χ4n) is 2.28. The molecule has 4 nitrogen and oxygen atoms in total. The number of para-hydroxylation sites is 1. The number of carbonyl (C=O) groups is 1. The van der Waals surface area contributed by atoms with Crippen LogP contribution >= 0.6 is 11.3 Å². The second kappa shape index (κ2) is 8.69. The molecule has 25 heavy (non-hydrogen) atoms. The van der Waals surface area contributed by atoms with Crippen LogP contribution in [-0.4, -0.2) is 20.9 Å². The van der Waals surface area contributed by atoms with E-state index in [2.05, 4.69) is 10.3 Å². The van der Waals surface area contributed by atoms with E-state index in [9.17, 15) is 9.00 Å². The third-order valence-electron chi connectivity index (χ3n) is 3.50. The van der Waals surface area contributed by atoms with Gasteiger partial charge in [0.15, 0.2) is 0 Å². The van der Waals surface area contributed by atoms with Crippen LogP contribution in [0.4, 0.5) is 5.69 Å². The number of nitrogens with one attached hydrogen (secondary N) is 1. The van der Waals surface area contributed by atoms with Crippen molar-refractivity contribution in [3.8, 4) is 10.6 Å². The highest BCUT2D eigenvalue weighted by Crippen LogP contribution is 2.23. The monoisotopic (exact) mass is 370 g/mol. The maximum atomic E-state index is 12.2. The molecule has 0 spiro atoms. The maximum absolute atomic E-state index is 12.2. The lowest BCUT2D eigenvalue weighted by atomic mass is 10.2. The van der Waals surface area contributed by atoms with E-state index in [1.165, 1.54) is 0 Å². The maximum Gasteiger partial charge on any atom is 0.225 e. The molecular formula is C19H18N2O2S2. The Labute approximate surface area is 153 Å². The van der Waals surface area contributed by atoms with E-state index in [4.69, 9.17) is 0 Å². The fraction of sp³-hybridized carbons (Fsp3) is 0.158. The number of nitrogens with zero attached hydrogens (tertiary/aromatic N) is 1. The van der Waals surface area contributed by atoms with Gasteiger partial charge < -0.3 is 5.32 Å². The molecule has 1 atom stereocenters. The van der Waals surface area contributed by atoms with Gasteiger partial charge in [0.05, 0.1) is 11.4 Å². The molecule has 0 bridgehead atoms. The van der Waals surface area contributed by atoms with Crippen LogP contribution in [0.25, 0.3) is 10.6 Å². The molecule has 3 aromatic rings. The van der Waals surface area contributed by atoms with Crippen LogP contribution in [0.5, 0.6) is 0 Å². The van der Waals surface area contributed by atoms with Crippen LogP contribution in [0.15, 0.2) is 66.0 Å². The lowest BCUT2D eigenvalue weighted by Crippen LogP contribution is -2.15. The number of aromatic nitrogens is 1. The first kappa shape index (κ1) is 17.5. The second-order valence-corrected chi connectivity index (χ2v) is 7.90. The molecule has 2 aromatic carbocycles. The molecule has 1 aromatic heterocycles. The molecule has 0 radical (unpaired) electrons. The zero-order valence-electron chi connectivity index (χ0n) is 13.6. The topological polar surface area (TPSA) is 59.1 Å². The number of thiazole rings is 1. The molecule has 0 saturated carbocycles. The molecule has 0 fully saturated rings. The van der Waals surface area contributed by atoms with E-state index in [0.29, 0.717) is 11.5 Å². The summed E-state index contributed by atoms with van der Waals surface area (Å²) in [6, 6.07) is 19.2. The van der Waals surface area contributed by atoms with Crippen molar-refractivity contribution in [2.24, 2.45) is 0 Å². The molecule has 0 aliphatic carbocycles. The van der Waals surface area contributed by atoms with Crippen molar-refractivity contribution in [1.29, 1.82) is 0 Å². The summed E-state index contributed by atoms with van der Waals surface area (Å²) >= 11 is 1.55. The number of hydrogen-bond acceptors (Lipinski definition) is 4. The van der Waals surface area contributed by atoms with Gasteiger partial charge in [0.25, 0.3) is 0 Å². The fourth-order valence-corrected chi connectivity index (χ4v) is 4.24. The van der Waals surface area contributed by atoms with E-state index in [0.717, 1.165) is 22.0 Å². The van der Waals surface area contributed by atoms with Crippen molar-refractivity contribution in [3.05, 3.63) is 71.7 Å². The summed E-state index contributed by atoms with van der Waals surface area (Å²) in [6.07, 6.45) is 0.233. The summed E-state index contributed by atoms with van der Waals surface area (Å²) in [6.45, 7) is 0. The molecule has 0 aliphatic heterocycles. The highest BCUT2D eigenvalue weighted by molar-refractivity contribution is 7.84. The highest BCUT2D eigenvalue weighted by atomic mass is 32.2. The zero-order chi connectivity index (χ0) is 17.5. The van der Waals surface area contributed by atoms with E-state index >= 15 is 0 Å². The molecule has 1 N–H and O–H groups in total. The minimum Gasteiger partial charge on any atom is -0.326 e. The summed E-state index contributed by atoms with van der Waals surface area (Å²) in [5.74, 6) is 0.585. The number of amides is 1. The van der Waals surface area contributed by atoms with Gasteiger partial charge >= 0.3 is 0 Å². The molecular weight excluding hydrogens is 352 g/mol. The van der Waals surface area contributed by atoms with Crippen molar-refractivity contribution in [3.63, 3.8) is 0 Å². The number of carbonyl (C=O) groups excluding carboxylic acids is 1. The predicted molar refractivity (Wildman–Crippen MR) is 104 cm³/mol. The summed E-state index contributed by atoms with van der Waals surface area (Å²) in [5, 5.41) is 5.66. The number of benzene rings is 2. The first-order chi connectivity index (χ1) is 12.2. The number of hydrogen-bond donors (Lipinski definition) is 1. The average Bonchev–Trinajstić information content (AvgIpc) is 3.10. The lowest BCUT2D eigenvalue weighted by molar-refractivity contribution is -0.115. The summed E-state index contributed by atoms with van der Waals surface area (Å²) < 4.78 is 12.2. The Morgan fingerprint density at radius 3 is 2.44 bits per heavy atom. The highest BCUT2D eigenvalue weighted by Gasteiger charge is 2.10. The van der Waals surface area contributed by atoms with Gasteiger partial charge in [-0.05, 0) is 12.1 Å². The molecule has 0 saturated heterocycles. The SMILES string of the molecule is O=C(CC[S@@](=O)Cc1csc(-c2ccccc2)n1)Nc1ccccc1. The summed E-state index contributed by atoms with van der Waals surface area (Å²) in [5.41, 5.74) is 2.63. The van der Waals surface area contributed by atoms with Crippen molar-refractivity contribution < 1.29 is 9.00 Å². The van der Waals surface area contributed by atoms with Gasteiger partial charge in [-0.2, -0.15) is 0 Å². The van der Waals surface area contributed by atoms with Gasteiger partial charge in [-0.3, -0.25) is 9.00 Å². The number of rotatable bonds is 7. The quantitative estimate of drug-likeness (QED) is 0.681. The van der Waals surface area contributed by atoms with E-state index in [1.807, 2.05) is 66.0 Å². The summed E-state index contributed by atoms with van der Waals surface area (Å²) in [7, 11) is -1.11. The van der Waals surface area contributed by atoms with Gasteiger partial charge in [-0.15, -0.1) is 11.3 Å². The average molecular weight is 370 g/mol. The second-order valence-electron chi connectivity index (χ2n) is 5.46. The molecule has 1 amide bonds. The molecule has 0 aliphatic rings. The molecule has 3 rings (SSSR count). The van der Waals surface area contributed by atoms with E-state index in [1.54, 1.807) is 11.3 Å². The van der Waals surface area contributed by atoms with Crippen LogP contribution in [0.3, 0.4) is 0 Å². The van der Waals surface area contributed by atoms with E-state index < -0.39 is 10.8 Å². The minimum absolute atomic E-state index is 0.122. The van der Waals surface area contributed by atoms with Gasteiger partial charge in [0, 0.05) is 39.6 Å². The third kappa shape index (κ3) is 5.34. The van der Waals surface area contributed by atoms with Gasteiger partial charge in [0.1, 0.15) is 5.01 Å². The van der Waals surface area contributed by atoms with Crippen LogP contribution in [-0.2, 0) is 21.3 Å². The Hall–Kier alpha value is -2.31. The normalized spacial score (nSPS) is 11.8. The summed E-state index contributed by atoms with van der Waals surface area (Å²) in [4.78, 5) is 16.4. The lowest BCUT2D eigenvalue weighted by Gasteiger charge is -2.04. The van der Waals surface area contributed by atoms with Crippen molar-refractivity contribution >= 4 is 33.7 Å². The predicted octanol–water partition coefficient (Wildman–Crippen LogP) is 4.09. The molecule has 6 heteroatoms. The Kier molecular flexibility index (Phi) is 6.09. The molecule has 128 valence electrons. The largest absolute Gasteiger partial charge is 0.326 e. The van der Waals surface area contributed by atoms with E-state index in [-0.39, 0.29) is 12.3 Å². The first-order valence-electron chi connectivity index (χ1n) is 7.90. The van der Waals surface area contributed by atoms with Crippen molar-refractivity contribution in [1.82, 2.24) is 4.98 Å². The standard InChI is InChI=1S/C19H18N2O2S2/c22-18(20-16-9-5-2-6-10-16)11-12-25(23)14-17-13-24-19(21-17)15-7-3-1-4-8-15/h1-10,13H,11-12,14H2,(H,20,22)/t25-/m1/s1. The Morgan fingerprint density at radius 1 is 1.04 bits per heavy atom. The minimum atomic E-state index is -1.11. The van der Waals surface area contributed by atoms with Gasteiger partial charge in [-0.25, -0.2) is 4.98 Å². The Balaban J connectivity index is 1.48. The van der Waals surface area contributed by atoms with Gasteiger partial charge in [-0.1, -0.05) is 48.5 Å². The third-order valence-corrected chi connectivity index (χ3v) is 5.71. The smallest absolute Gasteiger partial charge is 0.225 e. The van der Waals surface area contributed by atoms with Crippen LogP contribution in [0.1, 0.15) is 12.1 Å². The van der Waals surface area contributed by atoms with Crippen molar-refractivity contribution in [2.75, 3.05) is 11.1 Å².